The van der Waals surface area contributed by atoms with Crippen molar-refractivity contribution in [3.63, 3.8) is 0 Å². The third-order valence-electron chi connectivity index (χ3n) is 3.53. The van der Waals surface area contributed by atoms with Crippen LogP contribution in [-0.4, -0.2) is 52.6 Å². The van der Waals surface area contributed by atoms with Gasteiger partial charge in [-0.15, -0.1) is 0 Å². The van der Waals surface area contributed by atoms with Crippen LogP contribution < -0.4 is 5.32 Å². The zero-order valence-corrected chi connectivity index (χ0v) is 12.5. The number of rotatable bonds is 6. The fourth-order valence-electron chi connectivity index (χ4n) is 2.28. The summed E-state index contributed by atoms with van der Waals surface area (Å²) < 4.78 is 0. The van der Waals surface area contributed by atoms with Crippen LogP contribution in [0.25, 0.3) is 0 Å². The highest BCUT2D eigenvalue weighted by Gasteiger charge is 2.28. The molecule has 0 aromatic heterocycles. The zero-order valence-electron chi connectivity index (χ0n) is 11.7. The van der Waals surface area contributed by atoms with Gasteiger partial charge in [0.1, 0.15) is 0 Å². The molecule has 19 heavy (non-hydrogen) atoms. The molecule has 110 valence electrons. The number of carbonyl (C=O) groups is 2. The third-order valence-corrected chi connectivity index (χ3v) is 4.57. The molecule has 0 bridgehead atoms. The van der Waals surface area contributed by atoms with E-state index < -0.39 is 5.97 Å². The van der Waals surface area contributed by atoms with E-state index in [2.05, 4.69) is 18.5 Å². The molecule has 2 N–H and O–H groups in total. The lowest BCUT2D eigenvalue weighted by atomic mass is 10.00. The van der Waals surface area contributed by atoms with Crippen LogP contribution in [0.2, 0.25) is 0 Å². The number of nitrogens with one attached hydrogen (secondary N) is 1. The zero-order chi connectivity index (χ0) is 14.3. The van der Waals surface area contributed by atoms with E-state index in [1.54, 1.807) is 16.7 Å². The third kappa shape index (κ3) is 5.72. The smallest absolute Gasteiger partial charge is 0.317 e. The minimum absolute atomic E-state index is 0.0502. The highest BCUT2D eigenvalue weighted by molar-refractivity contribution is 7.99. The average Bonchev–Trinajstić information content (AvgIpc) is 2.38. The van der Waals surface area contributed by atoms with Gasteiger partial charge in [0.25, 0.3) is 0 Å². The molecule has 0 radical (unpaired) electrons. The van der Waals surface area contributed by atoms with Crippen LogP contribution in [0, 0.1) is 0 Å². The van der Waals surface area contributed by atoms with Crippen molar-refractivity contribution in [3.8, 4) is 0 Å². The Morgan fingerprint density at radius 2 is 2.21 bits per heavy atom. The molecular weight excluding hydrogens is 264 g/mol. The first-order valence-corrected chi connectivity index (χ1v) is 8.12. The van der Waals surface area contributed by atoms with Gasteiger partial charge in [-0.2, -0.15) is 11.8 Å². The standard InChI is InChI=1S/C13H24N2O3S/c1-10(19-2)6-7-14-13(18)15-8-4-3-5-11(15)9-12(16)17/h10-11H,3-9H2,1-2H3,(H,14,18)(H,16,17). The highest BCUT2D eigenvalue weighted by Crippen LogP contribution is 2.19. The van der Waals surface area contributed by atoms with E-state index in [1.807, 2.05) is 0 Å². The van der Waals surface area contributed by atoms with Gasteiger partial charge in [-0.3, -0.25) is 4.79 Å². The number of aliphatic carboxylic acids is 1. The highest BCUT2D eigenvalue weighted by atomic mass is 32.2. The van der Waals surface area contributed by atoms with Crippen LogP contribution >= 0.6 is 11.8 Å². The number of thioether (sulfide) groups is 1. The van der Waals surface area contributed by atoms with E-state index in [0.29, 0.717) is 18.3 Å². The predicted molar refractivity (Wildman–Crippen MR) is 77.6 cm³/mol. The van der Waals surface area contributed by atoms with Crippen molar-refractivity contribution in [3.05, 3.63) is 0 Å². The molecule has 1 saturated heterocycles. The van der Waals surface area contributed by atoms with Gasteiger partial charge in [-0.25, -0.2) is 4.79 Å². The number of amides is 2. The van der Waals surface area contributed by atoms with Crippen molar-refractivity contribution >= 4 is 23.8 Å². The maximum Gasteiger partial charge on any atom is 0.317 e. The first-order chi connectivity index (χ1) is 9.04. The molecule has 6 heteroatoms. The fraction of sp³-hybridized carbons (Fsp3) is 0.846. The summed E-state index contributed by atoms with van der Waals surface area (Å²) in [6.45, 7) is 3.45. The van der Waals surface area contributed by atoms with E-state index >= 15 is 0 Å². The summed E-state index contributed by atoms with van der Waals surface area (Å²) in [5, 5.41) is 12.3. The second kappa shape index (κ2) is 8.30. The van der Waals surface area contributed by atoms with Crippen molar-refractivity contribution in [2.75, 3.05) is 19.3 Å². The normalized spacial score (nSPS) is 20.9. The van der Waals surface area contributed by atoms with Crippen molar-refractivity contribution in [1.29, 1.82) is 0 Å². The molecule has 5 nitrogen and oxygen atoms in total. The minimum atomic E-state index is -0.833. The summed E-state index contributed by atoms with van der Waals surface area (Å²) in [7, 11) is 0. The van der Waals surface area contributed by atoms with Crippen LogP contribution in [0.5, 0.6) is 0 Å². The molecule has 0 aliphatic carbocycles. The first-order valence-electron chi connectivity index (χ1n) is 6.83. The summed E-state index contributed by atoms with van der Waals surface area (Å²) in [4.78, 5) is 24.6. The Balaban J connectivity index is 2.41. The molecule has 0 saturated carbocycles. The summed E-state index contributed by atoms with van der Waals surface area (Å²) in [5.74, 6) is -0.833. The molecule has 2 unspecified atom stereocenters. The number of hydrogen-bond donors (Lipinski definition) is 2. The van der Waals surface area contributed by atoms with Crippen molar-refractivity contribution in [2.24, 2.45) is 0 Å². The number of piperidine rings is 1. The Morgan fingerprint density at radius 3 is 2.84 bits per heavy atom. The summed E-state index contributed by atoms with van der Waals surface area (Å²) in [6.07, 6.45) is 5.80. The van der Waals surface area contributed by atoms with Crippen LogP contribution in [0.1, 0.15) is 39.0 Å². The van der Waals surface area contributed by atoms with Crippen molar-refractivity contribution in [2.45, 2.75) is 50.3 Å². The molecule has 1 heterocycles. The van der Waals surface area contributed by atoms with Gasteiger partial charge in [0.15, 0.2) is 0 Å². The number of urea groups is 1. The molecule has 1 fully saturated rings. The van der Waals surface area contributed by atoms with E-state index in [1.165, 1.54) is 0 Å². The van der Waals surface area contributed by atoms with Crippen LogP contribution in [0.3, 0.4) is 0 Å². The second-order valence-electron chi connectivity index (χ2n) is 5.01. The summed E-state index contributed by atoms with van der Waals surface area (Å²) >= 11 is 1.78. The maximum atomic E-state index is 12.1. The first kappa shape index (κ1) is 16.1. The lowest BCUT2D eigenvalue weighted by molar-refractivity contribution is -0.138. The molecule has 0 spiro atoms. The Morgan fingerprint density at radius 1 is 1.47 bits per heavy atom. The van der Waals surface area contributed by atoms with Gasteiger partial charge in [0, 0.05) is 24.4 Å². The van der Waals surface area contributed by atoms with E-state index in [-0.39, 0.29) is 18.5 Å². The number of carboxylic acids is 1. The molecular formula is C13H24N2O3S. The Labute approximate surface area is 119 Å². The van der Waals surface area contributed by atoms with Gasteiger partial charge in [0.05, 0.1) is 6.42 Å². The summed E-state index contributed by atoms with van der Waals surface area (Å²) in [6, 6.07) is -0.261. The summed E-state index contributed by atoms with van der Waals surface area (Å²) in [5.41, 5.74) is 0. The molecule has 1 aliphatic rings. The molecule has 1 rings (SSSR count). The molecule has 2 atom stereocenters. The van der Waals surface area contributed by atoms with Gasteiger partial charge >= 0.3 is 12.0 Å². The number of carbonyl (C=O) groups excluding carboxylic acids is 1. The quantitative estimate of drug-likeness (QED) is 0.786. The average molecular weight is 288 g/mol. The van der Waals surface area contributed by atoms with Gasteiger partial charge in [0.2, 0.25) is 0 Å². The van der Waals surface area contributed by atoms with E-state index in [4.69, 9.17) is 5.11 Å². The second-order valence-corrected chi connectivity index (χ2v) is 6.28. The lowest BCUT2D eigenvalue weighted by Gasteiger charge is -2.35. The molecule has 0 aromatic carbocycles. The topological polar surface area (TPSA) is 69.6 Å². The Hall–Kier alpha value is -0.910. The molecule has 1 aliphatic heterocycles. The van der Waals surface area contributed by atoms with Crippen molar-refractivity contribution in [1.82, 2.24) is 10.2 Å². The van der Waals surface area contributed by atoms with Gasteiger partial charge < -0.3 is 15.3 Å². The number of likely N-dealkylation sites (tertiary alicyclic amines) is 1. The fourth-order valence-corrected chi connectivity index (χ4v) is 2.64. The van der Waals surface area contributed by atoms with E-state index in [0.717, 1.165) is 25.7 Å². The van der Waals surface area contributed by atoms with Crippen LogP contribution in [-0.2, 0) is 4.79 Å². The number of hydrogen-bond acceptors (Lipinski definition) is 3. The molecule has 0 aromatic rings. The van der Waals surface area contributed by atoms with Gasteiger partial charge in [-0.1, -0.05) is 6.92 Å². The SMILES string of the molecule is CSC(C)CCNC(=O)N1CCCCC1CC(=O)O. The lowest BCUT2D eigenvalue weighted by Crippen LogP contribution is -2.49. The minimum Gasteiger partial charge on any atom is -0.481 e. The monoisotopic (exact) mass is 288 g/mol. The predicted octanol–water partition coefficient (Wildman–Crippen LogP) is 2.17. The molecule has 2 amide bonds. The van der Waals surface area contributed by atoms with Crippen molar-refractivity contribution < 1.29 is 14.7 Å². The van der Waals surface area contributed by atoms with Crippen LogP contribution in [0.4, 0.5) is 4.79 Å². The number of nitrogens with zero attached hydrogens (tertiary/aromatic N) is 1. The van der Waals surface area contributed by atoms with Crippen LogP contribution in [0.15, 0.2) is 0 Å². The van der Waals surface area contributed by atoms with Gasteiger partial charge in [-0.05, 0) is 31.9 Å². The Bertz CT molecular complexity index is 312. The number of carboxylic acid groups (broad SMARTS) is 1. The van der Waals surface area contributed by atoms with E-state index in [9.17, 15) is 9.59 Å². The largest absolute Gasteiger partial charge is 0.481 e. The maximum absolute atomic E-state index is 12.1. The Kier molecular flexibility index (Phi) is 7.05.